The van der Waals surface area contributed by atoms with Crippen LogP contribution in [-0.4, -0.2) is 70.9 Å². The Balaban J connectivity index is 1.76. The zero-order valence-corrected chi connectivity index (χ0v) is 14.6. The molecule has 26 heavy (non-hydrogen) atoms. The van der Waals surface area contributed by atoms with Crippen LogP contribution in [0.25, 0.3) is 0 Å². The highest BCUT2D eigenvalue weighted by Gasteiger charge is 2.41. The van der Waals surface area contributed by atoms with Crippen LogP contribution in [0.5, 0.6) is 0 Å². The van der Waals surface area contributed by atoms with Gasteiger partial charge < -0.3 is 14.7 Å². The van der Waals surface area contributed by atoms with Gasteiger partial charge in [-0.05, 0) is 25.5 Å². The van der Waals surface area contributed by atoms with Crippen LogP contribution in [-0.2, 0) is 14.3 Å². The number of aliphatic carboxylic acids is 1. The minimum atomic E-state index is -1.01. The summed E-state index contributed by atoms with van der Waals surface area (Å²) in [5, 5.41) is 9.05. The second-order valence-corrected chi connectivity index (χ2v) is 6.64. The van der Waals surface area contributed by atoms with Gasteiger partial charge in [-0.2, -0.15) is 0 Å². The van der Waals surface area contributed by atoms with E-state index in [2.05, 4.69) is 0 Å². The van der Waals surface area contributed by atoms with Gasteiger partial charge in [-0.3, -0.25) is 24.1 Å². The molecule has 1 fully saturated rings. The molecule has 3 rings (SSSR count). The van der Waals surface area contributed by atoms with Crippen LogP contribution in [0.2, 0.25) is 0 Å². The molecule has 1 aromatic rings. The molecule has 1 aromatic carbocycles. The topological polar surface area (TPSA) is 104 Å². The molecule has 0 aromatic heterocycles. The van der Waals surface area contributed by atoms with Gasteiger partial charge in [-0.25, -0.2) is 0 Å². The van der Waals surface area contributed by atoms with Crippen molar-refractivity contribution in [3.63, 3.8) is 0 Å². The fourth-order valence-electron chi connectivity index (χ4n) is 3.52. The third kappa shape index (κ3) is 3.20. The summed E-state index contributed by atoms with van der Waals surface area (Å²) >= 11 is 0. The van der Waals surface area contributed by atoms with E-state index in [4.69, 9.17) is 9.84 Å². The molecule has 138 valence electrons. The first-order chi connectivity index (χ1) is 12.3. The van der Waals surface area contributed by atoms with E-state index in [1.165, 1.54) is 12.0 Å². The molecular formula is C18H20N2O6. The van der Waals surface area contributed by atoms with Crippen LogP contribution in [0.1, 0.15) is 39.1 Å². The lowest BCUT2D eigenvalue weighted by Gasteiger charge is -2.25. The van der Waals surface area contributed by atoms with E-state index in [9.17, 15) is 19.2 Å². The molecule has 8 nitrogen and oxygen atoms in total. The number of amides is 3. The van der Waals surface area contributed by atoms with Gasteiger partial charge in [-0.15, -0.1) is 0 Å². The summed E-state index contributed by atoms with van der Waals surface area (Å²) in [5.41, 5.74) is 1.43. The highest BCUT2D eigenvalue weighted by molar-refractivity contribution is 6.22. The third-order valence-corrected chi connectivity index (χ3v) is 4.86. The Morgan fingerprint density at radius 2 is 1.92 bits per heavy atom. The van der Waals surface area contributed by atoms with Gasteiger partial charge in [0.25, 0.3) is 11.8 Å². The number of rotatable bonds is 5. The minimum Gasteiger partial charge on any atom is -0.481 e. The van der Waals surface area contributed by atoms with E-state index in [1.54, 1.807) is 18.2 Å². The quantitative estimate of drug-likeness (QED) is 0.775. The second-order valence-electron chi connectivity index (χ2n) is 6.64. The number of hydrogen-bond donors (Lipinski definition) is 1. The smallest absolute Gasteiger partial charge is 0.305 e. The van der Waals surface area contributed by atoms with E-state index in [0.29, 0.717) is 12.0 Å². The predicted molar refractivity (Wildman–Crippen MR) is 89.7 cm³/mol. The van der Waals surface area contributed by atoms with Crippen molar-refractivity contribution >= 4 is 23.7 Å². The maximum Gasteiger partial charge on any atom is 0.305 e. The Hall–Kier alpha value is -2.74. The summed E-state index contributed by atoms with van der Waals surface area (Å²) in [6.07, 6.45) is -0.0453. The molecule has 3 amide bonds. The van der Waals surface area contributed by atoms with Crippen molar-refractivity contribution in [3.05, 3.63) is 34.9 Å². The molecule has 8 heteroatoms. The molecule has 0 saturated carbocycles. The molecule has 0 spiro atoms. The first-order valence-corrected chi connectivity index (χ1v) is 8.32. The number of methoxy groups -OCH3 is 1. The van der Waals surface area contributed by atoms with Crippen molar-refractivity contribution in [2.45, 2.75) is 31.9 Å². The number of fused-ring (bicyclic) bond motifs is 1. The van der Waals surface area contributed by atoms with E-state index in [0.717, 1.165) is 10.5 Å². The molecule has 1 N–H and O–H groups in total. The number of carbonyl (C=O) groups is 4. The Bertz CT molecular complexity index is 790. The lowest BCUT2D eigenvalue weighted by molar-refractivity contribution is -0.140. The number of carbonyl (C=O) groups excluding carboxylic acids is 3. The SMILES string of the molecule is COC1CC(CC(=O)O)N(C(=O)CN2C(=O)c3ccc(C)cc3C2=O)C1. The predicted octanol–water partition coefficient (Wildman–Crippen LogP) is 0.682. The van der Waals surface area contributed by atoms with Gasteiger partial charge in [0, 0.05) is 19.7 Å². The molecule has 2 aliphatic rings. The summed E-state index contributed by atoms with van der Waals surface area (Å²) in [4.78, 5) is 51.0. The molecule has 2 unspecified atom stereocenters. The van der Waals surface area contributed by atoms with Crippen LogP contribution in [0, 0.1) is 6.92 Å². The Kier molecular flexibility index (Phi) is 4.78. The molecule has 0 bridgehead atoms. The molecular weight excluding hydrogens is 340 g/mol. The third-order valence-electron chi connectivity index (χ3n) is 4.86. The zero-order valence-electron chi connectivity index (χ0n) is 14.6. The van der Waals surface area contributed by atoms with Crippen molar-refractivity contribution in [1.82, 2.24) is 9.80 Å². The summed E-state index contributed by atoms with van der Waals surface area (Å²) in [7, 11) is 1.50. The number of carboxylic acid groups (broad SMARTS) is 1. The minimum absolute atomic E-state index is 0.201. The van der Waals surface area contributed by atoms with Crippen molar-refractivity contribution in [3.8, 4) is 0 Å². The summed E-state index contributed by atoms with van der Waals surface area (Å²) < 4.78 is 5.25. The van der Waals surface area contributed by atoms with Crippen molar-refractivity contribution in [1.29, 1.82) is 0 Å². The van der Waals surface area contributed by atoms with E-state index >= 15 is 0 Å². The lowest BCUT2D eigenvalue weighted by Crippen LogP contribution is -2.45. The Morgan fingerprint density at radius 3 is 2.58 bits per heavy atom. The highest BCUT2D eigenvalue weighted by atomic mass is 16.5. The maximum absolute atomic E-state index is 12.7. The highest BCUT2D eigenvalue weighted by Crippen LogP contribution is 2.26. The van der Waals surface area contributed by atoms with Crippen LogP contribution in [0.4, 0.5) is 0 Å². The van der Waals surface area contributed by atoms with E-state index in [1.807, 2.05) is 6.92 Å². The second kappa shape index (κ2) is 6.87. The van der Waals surface area contributed by atoms with Crippen LogP contribution in [0.15, 0.2) is 18.2 Å². The summed E-state index contributed by atoms with van der Waals surface area (Å²) in [5.74, 6) is -2.47. The fourth-order valence-corrected chi connectivity index (χ4v) is 3.52. The van der Waals surface area contributed by atoms with Gasteiger partial charge >= 0.3 is 5.97 Å². The number of aryl methyl sites for hydroxylation is 1. The Labute approximate surface area is 150 Å². The average molecular weight is 360 g/mol. The van der Waals surface area contributed by atoms with Gasteiger partial charge in [0.2, 0.25) is 5.91 Å². The summed E-state index contributed by atoms with van der Waals surface area (Å²) in [6.45, 7) is 1.66. The van der Waals surface area contributed by atoms with Crippen LogP contribution in [0.3, 0.4) is 0 Å². The maximum atomic E-state index is 12.7. The monoisotopic (exact) mass is 360 g/mol. The van der Waals surface area contributed by atoms with Gasteiger partial charge in [0.1, 0.15) is 6.54 Å². The molecule has 2 atom stereocenters. The Morgan fingerprint density at radius 1 is 1.23 bits per heavy atom. The number of carboxylic acids is 1. The van der Waals surface area contributed by atoms with Gasteiger partial charge in [0.15, 0.2) is 0 Å². The number of nitrogens with zero attached hydrogens (tertiary/aromatic N) is 2. The van der Waals surface area contributed by atoms with E-state index in [-0.39, 0.29) is 24.6 Å². The molecule has 0 radical (unpaired) electrons. The molecule has 2 aliphatic heterocycles. The zero-order chi connectivity index (χ0) is 19.0. The lowest BCUT2D eigenvalue weighted by atomic mass is 10.1. The first-order valence-electron chi connectivity index (χ1n) is 8.32. The standard InChI is InChI=1S/C18H20N2O6/c1-10-3-4-13-14(5-10)18(25)20(17(13)24)9-15(21)19-8-12(26-2)6-11(19)7-16(22)23/h3-5,11-12H,6-9H2,1-2H3,(H,22,23). The number of hydrogen-bond acceptors (Lipinski definition) is 5. The van der Waals surface area contributed by atoms with Crippen LogP contribution >= 0.6 is 0 Å². The van der Waals surface area contributed by atoms with Gasteiger partial charge in [0.05, 0.1) is 23.7 Å². The van der Waals surface area contributed by atoms with Crippen molar-refractivity contribution < 1.29 is 29.0 Å². The number of likely N-dealkylation sites (tertiary alicyclic amines) is 1. The largest absolute Gasteiger partial charge is 0.481 e. The number of benzene rings is 1. The number of imide groups is 1. The fraction of sp³-hybridized carbons (Fsp3) is 0.444. The number of ether oxygens (including phenoxy) is 1. The van der Waals surface area contributed by atoms with Crippen LogP contribution < -0.4 is 0 Å². The normalized spacial score (nSPS) is 22.1. The van der Waals surface area contributed by atoms with Crippen molar-refractivity contribution in [2.24, 2.45) is 0 Å². The van der Waals surface area contributed by atoms with Gasteiger partial charge in [-0.1, -0.05) is 11.6 Å². The molecule has 2 heterocycles. The average Bonchev–Trinajstić information content (AvgIpc) is 3.09. The van der Waals surface area contributed by atoms with E-state index < -0.39 is 36.3 Å². The molecule has 0 aliphatic carbocycles. The van der Waals surface area contributed by atoms with Crippen molar-refractivity contribution in [2.75, 3.05) is 20.2 Å². The molecule has 1 saturated heterocycles. The summed E-state index contributed by atoms with van der Waals surface area (Å²) in [6, 6.07) is 4.44. The first kappa shape index (κ1) is 18.1.